The highest BCUT2D eigenvalue weighted by Crippen LogP contribution is 2.31. The monoisotopic (exact) mass is 363 g/mol. The van der Waals surface area contributed by atoms with E-state index in [9.17, 15) is 27.9 Å². The molecule has 5 nitrogen and oxygen atoms in total. The predicted octanol–water partition coefficient (Wildman–Crippen LogP) is 4.12. The highest BCUT2D eigenvalue weighted by Gasteiger charge is 2.31. The lowest BCUT2D eigenvalue weighted by molar-refractivity contribution is -0.137. The van der Waals surface area contributed by atoms with Crippen LogP contribution in [0.1, 0.15) is 21.6 Å². The van der Waals surface area contributed by atoms with E-state index in [1.807, 2.05) is 0 Å². The quantitative estimate of drug-likeness (QED) is 0.760. The lowest BCUT2D eigenvalue weighted by Crippen LogP contribution is -2.27. The summed E-state index contributed by atoms with van der Waals surface area (Å²) in [5.74, 6) is -1.47. The van der Waals surface area contributed by atoms with Crippen LogP contribution >= 0.6 is 0 Å². The van der Waals surface area contributed by atoms with Gasteiger partial charge in [-0.1, -0.05) is 6.07 Å². The summed E-state index contributed by atoms with van der Waals surface area (Å²) in [5, 5.41) is 9.32. The van der Waals surface area contributed by atoms with Crippen molar-refractivity contribution in [3.63, 3.8) is 0 Å². The van der Waals surface area contributed by atoms with Gasteiger partial charge in [0.1, 0.15) is 5.56 Å². The Labute approximate surface area is 144 Å². The molecule has 0 spiro atoms. The number of benzene rings is 1. The van der Waals surface area contributed by atoms with Gasteiger partial charge in [-0.2, -0.15) is 13.2 Å². The van der Waals surface area contributed by atoms with Crippen LogP contribution in [0.4, 0.5) is 13.2 Å². The summed E-state index contributed by atoms with van der Waals surface area (Å²) in [7, 11) is 0. The number of aromatic carboxylic acids is 1. The minimum Gasteiger partial charge on any atom is -0.477 e. The third-order valence-corrected chi connectivity index (χ3v) is 3.94. The Hall–Kier alpha value is -3.29. The molecule has 1 N–H and O–H groups in total. The summed E-state index contributed by atoms with van der Waals surface area (Å²) in [6.07, 6.45) is -1.87. The van der Waals surface area contributed by atoms with Gasteiger partial charge in [0.15, 0.2) is 0 Å². The van der Waals surface area contributed by atoms with Gasteiger partial charge in [-0.15, -0.1) is 0 Å². The molecule has 2 heterocycles. The first kappa shape index (κ1) is 17.5. The Bertz CT molecular complexity index is 1030. The molecule has 3 aromatic rings. The first-order valence-electron chi connectivity index (χ1n) is 7.40. The maximum absolute atomic E-state index is 13.0. The van der Waals surface area contributed by atoms with Crippen molar-refractivity contribution in [1.29, 1.82) is 0 Å². The van der Waals surface area contributed by atoms with Crippen molar-refractivity contribution in [1.82, 2.24) is 4.57 Å². The summed E-state index contributed by atoms with van der Waals surface area (Å²) in [6.45, 7) is 1.52. The van der Waals surface area contributed by atoms with Crippen molar-refractivity contribution in [2.45, 2.75) is 13.1 Å². The van der Waals surface area contributed by atoms with E-state index < -0.39 is 28.8 Å². The average molecular weight is 363 g/mol. The van der Waals surface area contributed by atoms with E-state index in [4.69, 9.17) is 4.42 Å². The lowest BCUT2D eigenvalue weighted by atomic mass is 10.0. The van der Waals surface area contributed by atoms with Gasteiger partial charge in [0, 0.05) is 22.5 Å². The number of carboxylic acid groups (broad SMARTS) is 1. The average Bonchev–Trinajstić information content (AvgIpc) is 3.08. The van der Waals surface area contributed by atoms with E-state index in [-0.39, 0.29) is 5.69 Å². The fourth-order valence-electron chi connectivity index (χ4n) is 2.70. The SMILES string of the molecule is Cc1c(-c2ccoc2)cc(C(=O)O)c(=O)n1-c1cccc(C(F)(F)F)c1. The van der Waals surface area contributed by atoms with Gasteiger partial charge in [0.05, 0.1) is 18.1 Å². The number of rotatable bonds is 3. The molecule has 0 aliphatic carbocycles. The van der Waals surface area contributed by atoms with Gasteiger partial charge < -0.3 is 9.52 Å². The normalized spacial score (nSPS) is 11.5. The molecule has 8 heteroatoms. The third kappa shape index (κ3) is 3.01. The van der Waals surface area contributed by atoms with Crippen molar-refractivity contribution in [2.24, 2.45) is 0 Å². The number of carbonyl (C=O) groups is 1. The van der Waals surface area contributed by atoms with E-state index in [1.54, 1.807) is 6.07 Å². The van der Waals surface area contributed by atoms with Gasteiger partial charge in [-0.05, 0) is 37.3 Å². The zero-order valence-corrected chi connectivity index (χ0v) is 13.4. The highest BCUT2D eigenvalue weighted by atomic mass is 19.4. The Morgan fingerprint density at radius 3 is 2.50 bits per heavy atom. The van der Waals surface area contributed by atoms with Crippen molar-refractivity contribution >= 4 is 5.97 Å². The fourth-order valence-corrected chi connectivity index (χ4v) is 2.70. The van der Waals surface area contributed by atoms with Gasteiger partial charge in [0.2, 0.25) is 0 Å². The molecule has 0 saturated heterocycles. The lowest BCUT2D eigenvalue weighted by Gasteiger charge is -2.16. The molecule has 0 amide bonds. The number of hydrogen-bond donors (Lipinski definition) is 1. The number of furan rings is 1. The summed E-state index contributed by atoms with van der Waals surface area (Å²) >= 11 is 0. The van der Waals surface area contributed by atoms with Crippen molar-refractivity contribution < 1.29 is 27.5 Å². The molecule has 0 atom stereocenters. The molecule has 0 aliphatic rings. The largest absolute Gasteiger partial charge is 0.477 e. The van der Waals surface area contributed by atoms with Crippen molar-refractivity contribution in [3.05, 3.63) is 76.1 Å². The Morgan fingerprint density at radius 2 is 1.92 bits per heavy atom. The van der Waals surface area contributed by atoms with Crippen LogP contribution in [0.2, 0.25) is 0 Å². The van der Waals surface area contributed by atoms with Crippen LogP contribution in [-0.2, 0) is 6.18 Å². The molecule has 0 saturated carbocycles. The number of aromatic nitrogens is 1. The summed E-state index contributed by atoms with van der Waals surface area (Å²) in [6, 6.07) is 6.91. The van der Waals surface area contributed by atoms with Gasteiger partial charge in [-0.3, -0.25) is 9.36 Å². The molecule has 1 aromatic carbocycles. The highest BCUT2D eigenvalue weighted by molar-refractivity contribution is 5.89. The van der Waals surface area contributed by atoms with Crippen LogP contribution in [0.15, 0.2) is 58.1 Å². The van der Waals surface area contributed by atoms with E-state index in [0.29, 0.717) is 16.8 Å². The zero-order chi connectivity index (χ0) is 19.1. The second kappa shape index (κ2) is 6.21. The first-order chi connectivity index (χ1) is 12.2. The standard InChI is InChI=1S/C18H12F3NO4/c1-10-14(11-5-6-26-9-11)8-15(17(24)25)16(23)22(10)13-4-2-3-12(7-13)18(19,20)21/h2-9H,1H3,(H,24,25). The molecular weight excluding hydrogens is 351 g/mol. The molecule has 0 radical (unpaired) electrons. The van der Waals surface area contributed by atoms with Crippen LogP contribution in [0.25, 0.3) is 16.8 Å². The number of carboxylic acids is 1. The van der Waals surface area contributed by atoms with E-state index >= 15 is 0 Å². The molecular formula is C18H12F3NO4. The van der Waals surface area contributed by atoms with Crippen LogP contribution < -0.4 is 5.56 Å². The summed E-state index contributed by atoms with van der Waals surface area (Å²) in [4.78, 5) is 24.0. The smallest absolute Gasteiger partial charge is 0.416 e. The fraction of sp³-hybridized carbons (Fsp3) is 0.111. The topological polar surface area (TPSA) is 72.4 Å². The Morgan fingerprint density at radius 1 is 1.19 bits per heavy atom. The van der Waals surface area contributed by atoms with Crippen molar-refractivity contribution in [3.8, 4) is 16.8 Å². The molecule has 26 heavy (non-hydrogen) atoms. The van der Waals surface area contributed by atoms with E-state index in [1.165, 1.54) is 31.6 Å². The maximum atomic E-state index is 13.0. The molecule has 0 fully saturated rings. The molecule has 3 rings (SSSR count). The van der Waals surface area contributed by atoms with Gasteiger partial charge in [0.25, 0.3) is 5.56 Å². The molecule has 0 bridgehead atoms. The maximum Gasteiger partial charge on any atom is 0.416 e. The number of halogens is 3. The molecule has 0 unspecified atom stereocenters. The summed E-state index contributed by atoms with van der Waals surface area (Å²) in [5.41, 5.74) is -1.31. The van der Waals surface area contributed by atoms with Gasteiger partial charge in [-0.25, -0.2) is 4.79 Å². The second-order valence-electron chi connectivity index (χ2n) is 5.56. The number of pyridine rings is 1. The Balaban J connectivity index is 2.34. The minimum atomic E-state index is -4.59. The number of hydrogen-bond acceptors (Lipinski definition) is 3. The van der Waals surface area contributed by atoms with Crippen LogP contribution in [0.3, 0.4) is 0 Å². The zero-order valence-electron chi connectivity index (χ0n) is 13.4. The number of nitrogens with zero attached hydrogens (tertiary/aromatic N) is 1. The number of alkyl halides is 3. The predicted molar refractivity (Wildman–Crippen MR) is 86.4 cm³/mol. The molecule has 134 valence electrons. The molecule has 0 aliphatic heterocycles. The van der Waals surface area contributed by atoms with Crippen molar-refractivity contribution in [2.75, 3.05) is 0 Å². The second-order valence-corrected chi connectivity index (χ2v) is 5.56. The van der Waals surface area contributed by atoms with Crippen LogP contribution in [-0.4, -0.2) is 15.6 Å². The van der Waals surface area contributed by atoms with Crippen LogP contribution in [0.5, 0.6) is 0 Å². The first-order valence-corrected chi connectivity index (χ1v) is 7.40. The van der Waals surface area contributed by atoms with Gasteiger partial charge >= 0.3 is 12.1 Å². The summed E-state index contributed by atoms with van der Waals surface area (Å²) < 4.78 is 44.9. The van der Waals surface area contributed by atoms with Crippen LogP contribution in [0, 0.1) is 6.92 Å². The Kier molecular flexibility index (Phi) is 4.19. The van der Waals surface area contributed by atoms with E-state index in [0.717, 1.165) is 22.8 Å². The minimum absolute atomic E-state index is 0.0739. The third-order valence-electron chi connectivity index (χ3n) is 3.94. The van der Waals surface area contributed by atoms with E-state index in [2.05, 4.69) is 0 Å². The molecule has 2 aromatic heterocycles.